The molecule has 1 aromatic carbocycles. The van der Waals surface area contributed by atoms with Crippen LogP contribution >= 0.6 is 0 Å². The quantitative estimate of drug-likeness (QED) is 0.615. The van der Waals surface area contributed by atoms with Gasteiger partial charge >= 0.3 is 6.18 Å². The summed E-state index contributed by atoms with van der Waals surface area (Å²) in [7, 11) is -3.50. The highest BCUT2D eigenvalue weighted by Crippen LogP contribution is 2.29. The summed E-state index contributed by atoms with van der Waals surface area (Å²) in [5.41, 5.74) is 0.993. The highest BCUT2D eigenvalue weighted by atomic mass is 32.2. The molecule has 3 aromatic rings. The van der Waals surface area contributed by atoms with Crippen molar-refractivity contribution < 1.29 is 26.4 Å². The molecule has 0 unspecified atom stereocenters. The van der Waals surface area contributed by atoms with E-state index in [0.717, 1.165) is 18.4 Å². The Morgan fingerprint density at radius 1 is 1.10 bits per heavy atom. The average molecular weight is 453 g/mol. The molecule has 0 fully saturated rings. The first kappa shape index (κ1) is 22.3. The third kappa shape index (κ3) is 5.20. The van der Waals surface area contributed by atoms with Crippen LogP contribution in [0.2, 0.25) is 0 Å². The number of amides is 1. The normalized spacial score (nSPS) is 11.9. The summed E-state index contributed by atoms with van der Waals surface area (Å²) in [5.74, 6) is -0.399. The maximum absolute atomic E-state index is 12.7. The van der Waals surface area contributed by atoms with Crippen LogP contribution < -0.4 is 10.0 Å². The lowest BCUT2D eigenvalue weighted by molar-refractivity contribution is -0.137. The number of benzene rings is 1. The van der Waals surface area contributed by atoms with Crippen molar-refractivity contribution in [2.75, 3.05) is 16.3 Å². The molecule has 2 N–H and O–H groups in total. The van der Waals surface area contributed by atoms with Gasteiger partial charge in [-0.15, -0.1) is 0 Å². The fraction of sp³-hybridized carbons (Fsp3) is 0.211. The number of hydrogen-bond acceptors (Lipinski definition) is 5. The average Bonchev–Trinajstić information content (AvgIpc) is 3.04. The smallest absolute Gasteiger partial charge is 0.322 e. The van der Waals surface area contributed by atoms with Crippen LogP contribution in [0.4, 0.5) is 24.5 Å². The minimum atomic E-state index is -4.51. The molecule has 0 aliphatic rings. The van der Waals surface area contributed by atoms with Crippen LogP contribution in [0, 0.1) is 13.8 Å². The molecular formula is C19H18F3N5O3S. The maximum atomic E-state index is 12.7. The molecule has 0 aliphatic carbocycles. The molecule has 0 bridgehead atoms. The number of rotatable bonds is 5. The molecule has 0 saturated carbocycles. The van der Waals surface area contributed by atoms with Crippen LogP contribution in [0.3, 0.4) is 0 Å². The molecule has 0 saturated heterocycles. The Morgan fingerprint density at radius 2 is 1.81 bits per heavy atom. The number of carbonyl (C=O) groups is 1. The lowest BCUT2D eigenvalue weighted by atomic mass is 10.1. The van der Waals surface area contributed by atoms with Crippen LogP contribution in [0.25, 0.3) is 5.82 Å². The molecule has 164 valence electrons. The van der Waals surface area contributed by atoms with Crippen LogP contribution in [-0.2, 0) is 16.2 Å². The van der Waals surface area contributed by atoms with E-state index in [-0.39, 0.29) is 11.4 Å². The van der Waals surface area contributed by atoms with E-state index in [1.807, 2.05) is 0 Å². The highest BCUT2D eigenvalue weighted by Gasteiger charge is 2.30. The Hall–Kier alpha value is -3.41. The van der Waals surface area contributed by atoms with Gasteiger partial charge in [0.2, 0.25) is 10.0 Å². The third-order valence-electron chi connectivity index (χ3n) is 4.34. The second kappa shape index (κ2) is 8.02. The predicted octanol–water partition coefficient (Wildman–Crippen LogP) is 3.53. The molecule has 2 heterocycles. The fourth-order valence-electron chi connectivity index (χ4n) is 2.75. The van der Waals surface area contributed by atoms with Gasteiger partial charge in [0.05, 0.1) is 35.0 Å². The zero-order valence-electron chi connectivity index (χ0n) is 16.6. The van der Waals surface area contributed by atoms with Gasteiger partial charge in [0.1, 0.15) is 0 Å². The standard InChI is InChI=1S/C19H18F3N5O3S/c1-11-4-6-14(8-16(11)26-31(3,29)30)25-18(28)15-10-24-27(12(15)2)17-7-5-13(9-23-17)19(20,21)22/h4-10,26H,1-3H3,(H,25,28). The maximum Gasteiger partial charge on any atom is 0.417 e. The molecule has 0 atom stereocenters. The summed E-state index contributed by atoms with van der Waals surface area (Å²) in [5, 5.41) is 6.69. The van der Waals surface area contributed by atoms with E-state index < -0.39 is 27.7 Å². The summed E-state index contributed by atoms with van der Waals surface area (Å²) >= 11 is 0. The van der Waals surface area contributed by atoms with E-state index in [1.165, 1.54) is 16.9 Å². The summed E-state index contributed by atoms with van der Waals surface area (Å²) in [6.07, 6.45) is -1.52. The van der Waals surface area contributed by atoms with Gasteiger partial charge in [-0.2, -0.15) is 18.3 Å². The Balaban J connectivity index is 1.83. The van der Waals surface area contributed by atoms with E-state index in [1.54, 1.807) is 26.0 Å². The monoisotopic (exact) mass is 453 g/mol. The van der Waals surface area contributed by atoms with Gasteiger partial charge < -0.3 is 5.32 Å². The van der Waals surface area contributed by atoms with Crippen molar-refractivity contribution in [3.63, 3.8) is 0 Å². The Bertz CT molecular complexity index is 1240. The van der Waals surface area contributed by atoms with Crippen molar-refractivity contribution in [3.05, 3.63) is 65.1 Å². The number of nitrogens with zero attached hydrogens (tertiary/aromatic N) is 3. The highest BCUT2D eigenvalue weighted by molar-refractivity contribution is 7.92. The molecule has 2 aromatic heterocycles. The van der Waals surface area contributed by atoms with Gasteiger partial charge in [-0.05, 0) is 43.7 Å². The van der Waals surface area contributed by atoms with Gasteiger partial charge in [0.15, 0.2) is 5.82 Å². The molecule has 8 nitrogen and oxygen atoms in total. The number of hydrogen-bond donors (Lipinski definition) is 2. The number of halogens is 3. The van der Waals surface area contributed by atoms with Crippen molar-refractivity contribution in [1.29, 1.82) is 0 Å². The minimum absolute atomic E-state index is 0.125. The predicted molar refractivity (Wildman–Crippen MR) is 109 cm³/mol. The minimum Gasteiger partial charge on any atom is -0.322 e. The van der Waals surface area contributed by atoms with Crippen molar-refractivity contribution in [2.24, 2.45) is 0 Å². The number of sulfonamides is 1. The molecule has 1 amide bonds. The Labute approximate surface area is 176 Å². The Morgan fingerprint density at radius 3 is 2.39 bits per heavy atom. The lowest BCUT2D eigenvalue weighted by Gasteiger charge is -2.11. The molecule has 31 heavy (non-hydrogen) atoms. The first-order valence-corrected chi connectivity index (χ1v) is 10.7. The Kier molecular flexibility index (Phi) is 5.77. The van der Waals surface area contributed by atoms with Gasteiger partial charge in [0, 0.05) is 11.9 Å². The van der Waals surface area contributed by atoms with Crippen molar-refractivity contribution in [1.82, 2.24) is 14.8 Å². The first-order valence-electron chi connectivity index (χ1n) is 8.83. The largest absolute Gasteiger partial charge is 0.417 e. The molecule has 0 radical (unpaired) electrons. The summed E-state index contributed by atoms with van der Waals surface area (Å²) in [6.45, 7) is 3.29. The summed E-state index contributed by atoms with van der Waals surface area (Å²) in [6, 6.07) is 6.77. The molecule has 3 rings (SSSR count). The number of aromatic nitrogens is 3. The van der Waals surface area contributed by atoms with Gasteiger partial charge in [0.25, 0.3) is 5.91 Å². The van der Waals surface area contributed by atoms with Gasteiger partial charge in [-0.3, -0.25) is 9.52 Å². The fourth-order valence-corrected chi connectivity index (χ4v) is 3.37. The van der Waals surface area contributed by atoms with Crippen molar-refractivity contribution in [3.8, 4) is 5.82 Å². The second-order valence-corrected chi connectivity index (χ2v) is 8.56. The van der Waals surface area contributed by atoms with E-state index in [2.05, 4.69) is 20.1 Å². The van der Waals surface area contributed by atoms with Crippen LogP contribution in [0.5, 0.6) is 0 Å². The number of alkyl halides is 3. The van der Waals surface area contributed by atoms with Crippen LogP contribution in [-0.4, -0.2) is 35.3 Å². The van der Waals surface area contributed by atoms with E-state index in [4.69, 9.17) is 0 Å². The number of nitrogens with one attached hydrogen (secondary N) is 2. The van der Waals surface area contributed by atoms with E-state index >= 15 is 0 Å². The van der Waals surface area contributed by atoms with Crippen LogP contribution in [0.1, 0.15) is 27.2 Å². The SMILES string of the molecule is Cc1ccc(NC(=O)c2cnn(-c3ccc(C(F)(F)F)cn3)c2C)cc1NS(C)(=O)=O. The zero-order chi connectivity index (χ0) is 23.0. The molecule has 0 aliphatic heterocycles. The first-order chi connectivity index (χ1) is 14.3. The zero-order valence-corrected chi connectivity index (χ0v) is 17.5. The number of anilines is 2. The van der Waals surface area contributed by atoms with Crippen LogP contribution in [0.15, 0.2) is 42.7 Å². The molecule has 12 heteroatoms. The number of aryl methyl sites for hydroxylation is 1. The molecular weight excluding hydrogens is 435 g/mol. The topological polar surface area (TPSA) is 106 Å². The second-order valence-electron chi connectivity index (χ2n) is 6.82. The van der Waals surface area contributed by atoms with E-state index in [9.17, 15) is 26.4 Å². The van der Waals surface area contributed by atoms with Crippen molar-refractivity contribution in [2.45, 2.75) is 20.0 Å². The summed E-state index contributed by atoms with van der Waals surface area (Å²) in [4.78, 5) is 16.4. The molecule has 0 spiro atoms. The summed E-state index contributed by atoms with van der Waals surface area (Å²) < 4.78 is 64.7. The third-order valence-corrected chi connectivity index (χ3v) is 4.93. The van der Waals surface area contributed by atoms with Gasteiger partial charge in [-0.1, -0.05) is 6.07 Å². The number of pyridine rings is 1. The number of carbonyl (C=O) groups excluding carboxylic acids is 1. The lowest BCUT2D eigenvalue weighted by Crippen LogP contribution is -2.15. The van der Waals surface area contributed by atoms with E-state index in [0.29, 0.717) is 28.8 Å². The van der Waals surface area contributed by atoms with Gasteiger partial charge in [-0.25, -0.2) is 18.1 Å². The van der Waals surface area contributed by atoms with Crippen molar-refractivity contribution >= 4 is 27.3 Å².